The third-order valence-corrected chi connectivity index (χ3v) is 3.04. The summed E-state index contributed by atoms with van der Waals surface area (Å²) >= 11 is 0. The van der Waals surface area contributed by atoms with Gasteiger partial charge < -0.3 is 27.0 Å². The van der Waals surface area contributed by atoms with Crippen LogP contribution in [0.4, 0.5) is 5.69 Å². The Bertz CT molecular complexity index is 585. The molecular formula is C16H19BrN2O2. The maximum atomic E-state index is 11.9. The molecule has 1 aromatic carbocycles. The molecule has 0 aliphatic heterocycles. The summed E-state index contributed by atoms with van der Waals surface area (Å²) in [6.07, 6.45) is 4.38. The summed E-state index contributed by atoms with van der Waals surface area (Å²) < 4.78 is 7.20. The van der Waals surface area contributed by atoms with Gasteiger partial charge in [-0.15, -0.1) is 0 Å². The summed E-state index contributed by atoms with van der Waals surface area (Å²) in [6, 6.07) is 11.4. The number of ether oxygens (including phenoxy) is 1. The second-order valence-electron chi connectivity index (χ2n) is 4.61. The lowest BCUT2D eigenvalue weighted by atomic mass is 10.2. The number of aromatic nitrogens is 1. The number of para-hydroxylation sites is 2. The third-order valence-electron chi connectivity index (χ3n) is 3.04. The topological polar surface area (TPSA) is 42.2 Å². The first-order valence-electron chi connectivity index (χ1n) is 6.57. The Labute approximate surface area is 135 Å². The summed E-state index contributed by atoms with van der Waals surface area (Å²) in [6.45, 7) is 2.69. The molecule has 2 rings (SSSR count). The predicted octanol–water partition coefficient (Wildman–Crippen LogP) is -0.676. The fourth-order valence-electron chi connectivity index (χ4n) is 1.87. The summed E-state index contributed by atoms with van der Waals surface area (Å²) in [4.78, 5) is 11.9. The predicted molar refractivity (Wildman–Crippen MR) is 77.6 cm³/mol. The third kappa shape index (κ3) is 5.19. The number of hydrogen-bond donors (Lipinski definition) is 1. The van der Waals surface area contributed by atoms with Gasteiger partial charge in [0.05, 0.1) is 19.2 Å². The van der Waals surface area contributed by atoms with Gasteiger partial charge in [0, 0.05) is 12.1 Å². The Hall–Kier alpha value is -1.88. The molecule has 1 amide bonds. The Kier molecular flexibility index (Phi) is 6.88. The minimum Gasteiger partial charge on any atom is -1.00 e. The molecule has 0 aliphatic carbocycles. The molecule has 1 heterocycles. The van der Waals surface area contributed by atoms with Gasteiger partial charge in [-0.2, -0.15) is 0 Å². The van der Waals surface area contributed by atoms with E-state index in [0.29, 0.717) is 24.4 Å². The molecule has 4 nitrogen and oxygen atoms in total. The maximum absolute atomic E-state index is 11.9. The van der Waals surface area contributed by atoms with Crippen LogP contribution in [-0.2, 0) is 11.3 Å². The van der Waals surface area contributed by atoms with Crippen molar-refractivity contribution in [2.75, 3.05) is 12.4 Å². The number of pyridine rings is 1. The second kappa shape index (κ2) is 8.42. The Balaban J connectivity index is 0.00000220. The summed E-state index contributed by atoms with van der Waals surface area (Å²) in [5, 5.41) is 2.87. The lowest BCUT2D eigenvalue weighted by molar-refractivity contribution is -0.695. The van der Waals surface area contributed by atoms with Crippen LogP contribution in [0.2, 0.25) is 0 Å². The Morgan fingerprint density at radius 1 is 1.19 bits per heavy atom. The van der Waals surface area contributed by atoms with E-state index in [2.05, 4.69) is 5.32 Å². The molecule has 2 aromatic rings. The van der Waals surface area contributed by atoms with E-state index in [4.69, 9.17) is 4.74 Å². The molecule has 5 heteroatoms. The number of halogens is 1. The average molecular weight is 351 g/mol. The first-order chi connectivity index (χ1) is 9.69. The number of nitrogens with zero attached hydrogens (tertiary/aromatic N) is 1. The normalized spacial score (nSPS) is 9.62. The number of carbonyl (C=O) groups is 1. The van der Waals surface area contributed by atoms with E-state index in [1.165, 1.54) is 5.56 Å². The van der Waals surface area contributed by atoms with Crippen LogP contribution in [0.3, 0.4) is 0 Å². The molecule has 0 aliphatic rings. The van der Waals surface area contributed by atoms with Crippen molar-refractivity contribution < 1.29 is 31.1 Å². The fourth-order valence-corrected chi connectivity index (χ4v) is 1.87. The van der Waals surface area contributed by atoms with Crippen molar-refractivity contribution in [2.45, 2.75) is 19.9 Å². The number of nitrogens with one attached hydrogen (secondary N) is 1. The van der Waals surface area contributed by atoms with Crippen LogP contribution in [0.15, 0.2) is 48.8 Å². The zero-order chi connectivity index (χ0) is 14.4. The Morgan fingerprint density at radius 2 is 1.86 bits per heavy atom. The first-order valence-corrected chi connectivity index (χ1v) is 6.57. The van der Waals surface area contributed by atoms with Crippen molar-refractivity contribution in [1.82, 2.24) is 0 Å². The first kappa shape index (κ1) is 17.2. The standard InChI is InChI=1S/C16H18N2O2.BrH/c1-13-7-10-18(11-8-13)12-9-16(19)17-14-5-3-4-6-15(14)20-2;/h3-8,10-11H,9,12H2,1-2H3;1H. The van der Waals surface area contributed by atoms with Gasteiger partial charge in [-0.1, -0.05) is 12.1 Å². The highest BCUT2D eigenvalue weighted by Crippen LogP contribution is 2.22. The van der Waals surface area contributed by atoms with E-state index in [1.54, 1.807) is 7.11 Å². The highest BCUT2D eigenvalue weighted by molar-refractivity contribution is 5.92. The number of amides is 1. The van der Waals surface area contributed by atoms with Crippen LogP contribution in [0.5, 0.6) is 5.75 Å². The van der Waals surface area contributed by atoms with Gasteiger partial charge in [-0.05, 0) is 24.6 Å². The lowest BCUT2D eigenvalue weighted by Gasteiger charge is -2.08. The van der Waals surface area contributed by atoms with Gasteiger partial charge in [0.25, 0.3) is 0 Å². The number of carbonyl (C=O) groups excluding carboxylic acids is 1. The second-order valence-corrected chi connectivity index (χ2v) is 4.61. The van der Waals surface area contributed by atoms with Gasteiger partial charge >= 0.3 is 0 Å². The number of methoxy groups -OCH3 is 1. The summed E-state index contributed by atoms with van der Waals surface area (Å²) in [5.74, 6) is 0.645. The summed E-state index contributed by atoms with van der Waals surface area (Å²) in [5.41, 5.74) is 1.91. The van der Waals surface area contributed by atoms with Crippen molar-refractivity contribution in [3.8, 4) is 5.75 Å². The molecule has 0 atom stereocenters. The number of benzene rings is 1. The van der Waals surface area contributed by atoms with Crippen molar-refractivity contribution in [3.05, 3.63) is 54.4 Å². The zero-order valence-electron chi connectivity index (χ0n) is 12.2. The maximum Gasteiger partial charge on any atom is 0.230 e. The van der Waals surface area contributed by atoms with Crippen molar-refractivity contribution in [3.63, 3.8) is 0 Å². The quantitative estimate of drug-likeness (QED) is 0.726. The van der Waals surface area contributed by atoms with Gasteiger partial charge in [0.2, 0.25) is 5.91 Å². The van der Waals surface area contributed by atoms with Crippen LogP contribution in [0.25, 0.3) is 0 Å². The van der Waals surface area contributed by atoms with Crippen molar-refractivity contribution in [2.24, 2.45) is 0 Å². The Morgan fingerprint density at radius 3 is 2.52 bits per heavy atom. The number of aryl methyl sites for hydroxylation is 2. The molecule has 0 saturated heterocycles. The molecule has 1 aromatic heterocycles. The van der Waals surface area contributed by atoms with Gasteiger partial charge in [-0.3, -0.25) is 4.79 Å². The smallest absolute Gasteiger partial charge is 0.230 e. The van der Waals surface area contributed by atoms with E-state index in [-0.39, 0.29) is 22.9 Å². The summed E-state index contributed by atoms with van der Waals surface area (Å²) in [7, 11) is 1.59. The van der Waals surface area contributed by atoms with E-state index in [0.717, 1.165) is 0 Å². The fraction of sp³-hybridized carbons (Fsp3) is 0.250. The molecule has 0 radical (unpaired) electrons. The molecule has 1 N–H and O–H groups in total. The SMILES string of the molecule is COc1ccccc1NC(=O)CC[n+]1ccc(C)cc1.[Br-]. The lowest BCUT2D eigenvalue weighted by Crippen LogP contribution is -3.00. The molecule has 0 fully saturated rings. The van der Waals surface area contributed by atoms with E-state index < -0.39 is 0 Å². The zero-order valence-corrected chi connectivity index (χ0v) is 13.8. The largest absolute Gasteiger partial charge is 1.00 e. The van der Waals surface area contributed by atoms with Crippen LogP contribution >= 0.6 is 0 Å². The molecule has 21 heavy (non-hydrogen) atoms. The van der Waals surface area contributed by atoms with E-state index in [9.17, 15) is 4.79 Å². The van der Waals surface area contributed by atoms with E-state index >= 15 is 0 Å². The highest BCUT2D eigenvalue weighted by atomic mass is 79.9. The minimum absolute atomic E-state index is 0. The monoisotopic (exact) mass is 350 g/mol. The molecule has 0 bridgehead atoms. The van der Waals surface area contributed by atoms with Crippen molar-refractivity contribution >= 4 is 11.6 Å². The van der Waals surface area contributed by atoms with Crippen molar-refractivity contribution in [1.29, 1.82) is 0 Å². The van der Waals surface area contributed by atoms with Crippen LogP contribution in [0, 0.1) is 6.92 Å². The highest BCUT2D eigenvalue weighted by Gasteiger charge is 2.09. The van der Waals surface area contributed by atoms with E-state index in [1.807, 2.05) is 60.3 Å². The number of rotatable bonds is 5. The molecule has 0 spiro atoms. The number of hydrogen-bond acceptors (Lipinski definition) is 2. The minimum atomic E-state index is -0.0254. The molecule has 112 valence electrons. The van der Waals surface area contributed by atoms with Gasteiger partial charge in [-0.25, -0.2) is 4.57 Å². The van der Waals surface area contributed by atoms with Gasteiger partial charge in [0.1, 0.15) is 5.75 Å². The van der Waals surface area contributed by atoms with Crippen LogP contribution < -0.4 is 31.6 Å². The average Bonchev–Trinajstić information content (AvgIpc) is 2.47. The van der Waals surface area contributed by atoms with Gasteiger partial charge in [0.15, 0.2) is 18.9 Å². The van der Waals surface area contributed by atoms with Crippen LogP contribution in [-0.4, -0.2) is 13.0 Å². The molecular weight excluding hydrogens is 332 g/mol. The molecule has 0 saturated carbocycles. The van der Waals surface area contributed by atoms with Crippen LogP contribution in [0.1, 0.15) is 12.0 Å². The number of anilines is 1. The molecule has 0 unspecified atom stereocenters.